The zero-order valence-corrected chi connectivity index (χ0v) is 12.2. The lowest BCUT2D eigenvalue weighted by Gasteiger charge is -2.27. The highest BCUT2D eigenvalue weighted by Crippen LogP contribution is 2.37. The highest BCUT2D eigenvalue weighted by Gasteiger charge is 2.28. The van der Waals surface area contributed by atoms with Gasteiger partial charge in [-0.15, -0.1) is 0 Å². The number of unbranched alkanes of at least 4 members (excludes halogenated alkanes) is 1. The van der Waals surface area contributed by atoms with Crippen LogP contribution in [-0.4, -0.2) is 5.78 Å². The number of Topliss-reactive ketones (excluding diaryl/α,β-unsaturated/α-hetero) is 1. The number of ketones is 1. The van der Waals surface area contributed by atoms with Crippen LogP contribution in [0.2, 0.25) is 0 Å². The third-order valence-electron chi connectivity index (χ3n) is 4.45. The van der Waals surface area contributed by atoms with Crippen LogP contribution in [0.4, 0.5) is 0 Å². The molecule has 1 aliphatic carbocycles. The zero-order valence-electron chi connectivity index (χ0n) is 12.2. The number of rotatable bonds is 5. The second kappa shape index (κ2) is 6.88. The summed E-state index contributed by atoms with van der Waals surface area (Å²) in [7, 11) is 0. The van der Waals surface area contributed by atoms with Crippen LogP contribution in [0.3, 0.4) is 0 Å². The first kappa shape index (κ1) is 14.3. The lowest BCUT2D eigenvalue weighted by atomic mass is 9.78. The van der Waals surface area contributed by atoms with Crippen molar-refractivity contribution in [3.63, 3.8) is 0 Å². The molecule has 1 aromatic carbocycles. The standard InChI is InChI=1S/C18H26O/c1-18(14-8-6-12-17(19)15-18)13-7-5-11-16-9-3-2-4-10-16/h2-4,9-10H,5-8,11-15H2,1H3. The second-order valence-corrected chi connectivity index (χ2v) is 6.43. The third-order valence-corrected chi connectivity index (χ3v) is 4.45. The van der Waals surface area contributed by atoms with Crippen molar-refractivity contribution in [2.75, 3.05) is 0 Å². The SMILES string of the molecule is CC1(CCCCc2ccccc2)CCCCC(=O)C1. The molecule has 0 N–H and O–H groups in total. The number of benzene rings is 1. The minimum atomic E-state index is 0.282. The van der Waals surface area contributed by atoms with Crippen molar-refractivity contribution in [1.82, 2.24) is 0 Å². The van der Waals surface area contributed by atoms with Crippen LogP contribution in [0, 0.1) is 5.41 Å². The van der Waals surface area contributed by atoms with Gasteiger partial charge in [0.1, 0.15) is 5.78 Å². The first-order valence-corrected chi connectivity index (χ1v) is 7.74. The molecule has 0 spiro atoms. The summed E-state index contributed by atoms with van der Waals surface area (Å²) in [6.45, 7) is 2.32. The van der Waals surface area contributed by atoms with Gasteiger partial charge in [0.15, 0.2) is 0 Å². The van der Waals surface area contributed by atoms with E-state index >= 15 is 0 Å². The third kappa shape index (κ3) is 4.81. The average molecular weight is 258 g/mol. The number of aryl methyl sites for hydroxylation is 1. The largest absolute Gasteiger partial charge is 0.300 e. The number of hydrogen-bond acceptors (Lipinski definition) is 1. The van der Waals surface area contributed by atoms with Crippen molar-refractivity contribution in [3.8, 4) is 0 Å². The molecule has 104 valence electrons. The molecule has 1 nitrogen and oxygen atoms in total. The monoisotopic (exact) mass is 258 g/mol. The Labute approximate surface area is 117 Å². The number of carbonyl (C=O) groups excluding carboxylic acids is 1. The van der Waals surface area contributed by atoms with Gasteiger partial charge in [-0.3, -0.25) is 4.79 Å². The van der Waals surface area contributed by atoms with Gasteiger partial charge in [0, 0.05) is 12.8 Å². The van der Waals surface area contributed by atoms with E-state index in [0.717, 1.165) is 19.3 Å². The number of hydrogen-bond donors (Lipinski definition) is 0. The molecule has 1 aliphatic rings. The van der Waals surface area contributed by atoms with Crippen molar-refractivity contribution in [3.05, 3.63) is 35.9 Å². The maximum atomic E-state index is 11.8. The van der Waals surface area contributed by atoms with Crippen molar-refractivity contribution < 1.29 is 4.79 Å². The molecule has 1 fully saturated rings. The Kier molecular flexibility index (Phi) is 5.18. The Balaban J connectivity index is 1.73. The molecule has 1 unspecified atom stereocenters. The fourth-order valence-corrected chi connectivity index (χ4v) is 3.27. The van der Waals surface area contributed by atoms with E-state index in [2.05, 4.69) is 37.3 Å². The molecule has 1 heteroatoms. The maximum absolute atomic E-state index is 11.8. The normalized spacial score (nSPS) is 24.2. The summed E-state index contributed by atoms with van der Waals surface area (Å²) >= 11 is 0. The fourth-order valence-electron chi connectivity index (χ4n) is 3.27. The lowest BCUT2D eigenvalue weighted by molar-refractivity contribution is -0.120. The Morgan fingerprint density at radius 3 is 2.68 bits per heavy atom. The molecule has 1 atom stereocenters. The molecular weight excluding hydrogens is 232 g/mol. The first-order valence-electron chi connectivity index (χ1n) is 7.74. The van der Waals surface area contributed by atoms with Gasteiger partial charge in [-0.05, 0) is 43.1 Å². The summed E-state index contributed by atoms with van der Waals surface area (Å²) in [5.74, 6) is 0.489. The lowest BCUT2D eigenvalue weighted by Crippen LogP contribution is -2.18. The van der Waals surface area contributed by atoms with Gasteiger partial charge in [-0.2, -0.15) is 0 Å². The Morgan fingerprint density at radius 1 is 1.11 bits per heavy atom. The van der Waals surface area contributed by atoms with Gasteiger partial charge in [0.2, 0.25) is 0 Å². The van der Waals surface area contributed by atoms with Gasteiger partial charge in [-0.1, -0.05) is 50.1 Å². The van der Waals surface area contributed by atoms with E-state index in [4.69, 9.17) is 0 Å². The van der Waals surface area contributed by atoms with Crippen molar-refractivity contribution in [2.45, 2.75) is 64.7 Å². The van der Waals surface area contributed by atoms with E-state index in [0.29, 0.717) is 5.78 Å². The molecular formula is C18H26O. The van der Waals surface area contributed by atoms with E-state index in [1.807, 2.05) is 0 Å². The molecule has 0 saturated heterocycles. The Bertz CT molecular complexity index is 395. The molecule has 2 rings (SSSR count). The molecule has 0 amide bonds. The van der Waals surface area contributed by atoms with E-state index < -0.39 is 0 Å². The summed E-state index contributed by atoms with van der Waals surface area (Å²) in [6, 6.07) is 10.7. The second-order valence-electron chi connectivity index (χ2n) is 6.43. The van der Waals surface area contributed by atoms with E-state index in [-0.39, 0.29) is 5.41 Å². The zero-order chi connectivity index (χ0) is 13.6. The average Bonchev–Trinajstić information content (AvgIpc) is 2.57. The van der Waals surface area contributed by atoms with Crippen molar-refractivity contribution >= 4 is 5.78 Å². The van der Waals surface area contributed by atoms with E-state index in [9.17, 15) is 4.79 Å². The van der Waals surface area contributed by atoms with Crippen molar-refractivity contribution in [1.29, 1.82) is 0 Å². The van der Waals surface area contributed by atoms with E-state index in [1.54, 1.807) is 0 Å². The molecule has 0 aromatic heterocycles. The van der Waals surface area contributed by atoms with Gasteiger partial charge < -0.3 is 0 Å². The molecule has 1 saturated carbocycles. The van der Waals surface area contributed by atoms with Crippen LogP contribution in [-0.2, 0) is 11.2 Å². The predicted molar refractivity (Wildman–Crippen MR) is 80.2 cm³/mol. The Hall–Kier alpha value is -1.11. The summed E-state index contributed by atoms with van der Waals surface area (Å²) in [4.78, 5) is 11.8. The van der Waals surface area contributed by atoms with Gasteiger partial charge in [-0.25, -0.2) is 0 Å². The summed E-state index contributed by atoms with van der Waals surface area (Å²) in [6.07, 6.45) is 10.1. The molecule has 0 aliphatic heterocycles. The molecule has 19 heavy (non-hydrogen) atoms. The first-order chi connectivity index (χ1) is 9.18. The molecule has 0 bridgehead atoms. The minimum Gasteiger partial charge on any atom is -0.300 e. The molecule has 0 radical (unpaired) electrons. The van der Waals surface area contributed by atoms with Gasteiger partial charge in [0.25, 0.3) is 0 Å². The van der Waals surface area contributed by atoms with Crippen LogP contribution in [0.1, 0.15) is 63.9 Å². The molecule has 1 aromatic rings. The van der Waals surface area contributed by atoms with Gasteiger partial charge in [0.05, 0.1) is 0 Å². The highest BCUT2D eigenvalue weighted by molar-refractivity contribution is 5.79. The molecule has 0 heterocycles. The minimum absolute atomic E-state index is 0.282. The van der Waals surface area contributed by atoms with Crippen LogP contribution in [0.15, 0.2) is 30.3 Å². The van der Waals surface area contributed by atoms with Crippen LogP contribution in [0.5, 0.6) is 0 Å². The van der Waals surface area contributed by atoms with Crippen molar-refractivity contribution in [2.24, 2.45) is 5.41 Å². The topological polar surface area (TPSA) is 17.1 Å². The highest BCUT2D eigenvalue weighted by atomic mass is 16.1. The summed E-state index contributed by atoms with van der Waals surface area (Å²) in [5, 5.41) is 0. The quantitative estimate of drug-likeness (QED) is 0.540. The summed E-state index contributed by atoms with van der Waals surface area (Å²) < 4.78 is 0. The van der Waals surface area contributed by atoms with Crippen LogP contribution in [0.25, 0.3) is 0 Å². The van der Waals surface area contributed by atoms with E-state index in [1.165, 1.54) is 44.1 Å². The number of carbonyl (C=O) groups is 1. The van der Waals surface area contributed by atoms with Crippen LogP contribution < -0.4 is 0 Å². The Morgan fingerprint density at radius 2 is 1.89 bits per heavy atom. The summed E-state index contributed by atoms with van der Waals surface area (Å²) in [5.41, 5.74) is 1.72. The predicted octanol–water partition coefficient (Wildman–Crippen LogP) is 4.94. The van der Waals surface area contributed by atoms with Crippen LogP contribution >= 0.6 is 0 Å². The fraction of sp³-hybridized carbons (Fsp3) is 0.611. The smallest absolute Gasteiger partial charge is 0.133 e. The maximum Gasteiger partial charge on any atom is 0.133 e. The van der Waals surface area contributed by atoms with Gasteiger partial charge >= 0.3 is 0 Å².